The fourth-order valence-electron chi connectivity index (χ4n) is 2.09. The van der Waals surface area contributed by atoms with Crippen molar-refractivity contribution < 1.29 is 4.79 Å². The minimum absolute atomic E-state index is 0.146. The fourth-order valence-corrected chi connectivity index (χ4v) is 2.09. The van der Waals surface area contributed by atoms with Crippen LogP contribution in [0.3, 0.4) is 0 Å². The van der Waals surface area contributed by atoms with E-state index in [1.807, 2.05) is 25.5 Å². The molecule has 1 aromatic rings. The van der Waals surface area contributed by atoms with Gasteiger partial charge < -0.3 is 10.6 Å². The topological polar surface area (TPSA) is 71.8 Å². The van der Waals surface area contributed by atoms with E-state index in [1.165, 1.54) is 0 Å². The highest BCUT2D eigenvalue weighted by molar-refractivity contribution is 5.92. The minimum Gasteiger partial charge on any atom is -0.346 e. The van der Waals surface area contributed by atoms with E-state index in [1.54, 1.807) is 6.20 Å². The maximum Gasteiger partial charge on any atom is 0.273 e. The van der Waals surface area contributed by atoms with Crippen molar-refractivity contribution in [2.45, 2.75) is 51.6 Å². The third kappa shape index (κ3) is 3.53. The molecule has 0 bridgehead atoms. The van der Waals surface area contributed by atoms with Crippen LogP contribution in [0.5, 0.6) is 0 Å². The van der Waals surface area contributed by atoms with Crippen molar-refractivity contribution in [2.24, 2.45) is 0 Å². The Balaban J connectivity index is 2.02. The van der Waals surface area contributed by atoms with Gasteiger partial charge in [0, 0.05) is 5.54 Å². The Morgan fingerprint density at radius 2 is 2.21 bits per heavy atom. The molecule has 1 saturated heterocycles. The van der Waals surface area contributed by atoms with Gasteiger partial charge in [0.1, 0.15) is 0 Å². The Morgan fingerprint density at radius 1 is 1.53 bits per heavy atom. The molecule has 0 aliphatic carbocycles. The van der Waals surface area contributed by atoms with Gasteiger partial charge in [-0.1, -0.05) is 12.1 Å². The van der Waals surface area contributed by atoms with Crippen molar-refractivity contribution in [3.8, 4) is 0 Å². The first-order valence-corrected chi connectivity index (χ1v) is 6.97. The summed E-state index contributed by atoms with van der Waals surface area (Å²) in [6, 6.07) is 0.356. The van der Waals surface area contributed by atoms with Gasteiger partial charge in [-0.25, -0.2) is 4.68 Å². The number of amides is 1. The summed E-state index contributed by atoms with van der Waals surface area (Å²) >= 11 is 0. The third-order valence-electron chi connectivity index (χ3n) is 3.76. The van der Waals surface area contributed by atoms with Crippen LogP contribution in [0.15, 0.2) is 6.20 Å². The lowest BCUT2D eigenvalue weighted by Gasteiger charge is -2.23. The fraction of sp³-hybridized carbons (Fsp3) is 0.769. The van der Waals surface area contributed by atoms with Crippen molar-refractivity contribution in [1.29, 1.82) is 0 Å². The van der Waals surface area contributed by atoms with Crippen molar-refractivity contribution in [1.82, 2.24) is 25.6 Å². The molecule has 0 saturated carbocycles. The zero-order chi connectivity index (χ0) is 13.9. The highest BCUT2D eigenvalue weighted by atomic mass is 16.2. The smallest absolute Gasteiger partial charge is 0.273 e. The van der Waals surface area contributed by atoms with Crippen molar-refractivity contribution in [3.05, 3.63) is 11.9 Å². The van der Waals surface area contributed by atoms with Gasteiger partial charge in [-0.3, -0.25) is 4.79 Å². The Kier molecular flexibility index (Phi) is 4.19. The molecule has 0 atom stereocenters. The summed E-state index contributed by atoms with van der Waals surface area (Å²) < 4.78 is 1.83. The zero-order valence-electron chi connectivity index (χ0n) is 11.9. The maximum atomic E-state index is 12.1. The van der Waals surface area contributed by atoms with Gasteiger partial charge in [-0.05, 0) is 46.2 Å². The standard InChI is InChI=1S/C13H23N5O/c1-4-13(2,3)15-12(19)11-9-18(17-16-11)10-5-7-14-8-6-10/h9-10,14H,4-8H2,1-3H3,(H,15,19). The molecule has 2 heterocycles. The monoisotopic (exact) mass is 265 g/mol. The van der Waals surface area contributed by atoms with Crippen LogP contribution in [-0.2, 0) is 0 Å². The van der Waals surface area contributed by atoms with Crippen LogP contribution in [0, 0.1) is 0 Å². The van der Waals surface area contributed by atoms with Crippen LogP contribution >= 0.6 is 0 Å². The van der Waals surface area contributed by atoms with E-state index in [4.69, 9.17) is 0 Å². The lowest BCUT2D eigenvalue weighted by atomic mass is 10.0. The molecule has 0 spiro atoms. The zero-order valence-corrected chi connectivity index (χ0v) is 11.9. The van der Waals surface area contributed by atoms with E-state index in [0.29, 0.717) is 11.7 Å². The number of nitrogens with zero attached hydrogens (tertiary/aromatic N) is 3. The number of hydrogen-bond donors (Lipinski definition) is 2. The van der Waals surface area contributed by atoms with Crippen LogP contribution in [0.4, 0.5) is 0 Å². The lowest BCUT2D eigenvalue weighted by molar-refractivity contribution is 0.0906. The number of carbonyl (C=O) groups is 1. The predicted molar refractivity (Wildman–Crippen MR) is 73.0 cm³/mol. The molecular formula is C13H23N5O. The lowest BCUT2D eigenvalue weighted by Crippen LogP contribution is -2.42. The summed E-state index contributed by atoms with van der Waals surface area (Å²) in [6.07, 6.45) is 4.70. The first-order valence-electron chi connectivity index (χ1n) is 6.97. The van der Waals surface area contributed by atoms with Gasteiger partial charge in [0.15, 0.2) is 5.69 Å². The van der Waals surface area contributed by atoms with Crippen LogP contribution < -0.4 is 10.6 Å². The molecule has 1 aliphatic heterocycles. The molecule has 19 heavy (non-hydrogen) atoms. The number of nitrogens with one attached hydrogen (secondary N) is 2. The van der Waals surface area contributed by atoms with Crippen LogP contribution in [0.2, 0.25) is 0 Å². The Hall–Kier alpha value is -1.43. The van der Waals surface area contributed by atoms with Gasteiger partial charge >= 0.3 is 0 Å². The van der Waals surface area contributed by atoms with Gasteiger partial charge in [-0.2, -0.15) is 0 Å². The second kappa shape index (κ2) is 5.69. The van der Waals surface area contributed by atoms with Crippen molar-refractivity contribution in [2.75, 3.05) is 13.1 Å². The molecule has 106 valence electrons. The Bertz CT molecular complexity index is 434. The van der Waals surface area contributed by atoms with Crippen LogP contribution in [0.25, 0.3) is 0 Å². The van der Waals surface area contributed by atoms with E-state index in [0.717, 1.165) is 32.4 Å². The molecule has 0 radical (unpaired) electrons. The first-order chi connectivity index (χ1) is 9.02. The average molecular weight is 265 g/mol. The van der Waals surface area contributed by atoms with Gasteiger partial charge in [-0.15, -0.1) is 5.10 Å². The second-order valence-corrected chi connectivity index (χ2v) is 5.76. The van der Waals surface area contributed by atoms with Gasteiger partial charge in [0.05, 0.1) is 12.2 Å². The summed E-state index contributed by atoms with van der Waals surface area (Å²) in [7, 11) is 0. The summed E-state index contributed by atoms with van der Waals surface area (Å²) in [4.78, 5) is 12.1. The van der Waals surface area contributed by atoms with Gasteiger partial charge in [0.25, 0.3) is 5.91 Å². The number of rotatable bonds is 4. The molecule has 0 aromatic carbocycles. The van der Waals surface area contributed by atoms with E-state index >= 15 is 0 Å². The normalized spacial score (nSPS) is 17.4. The molecule has 1 amide bonds. The predicted octanol–water partition coefficient (Wildman–Crippen LogP) is 1.12. The SMILES string of the molecule is CCC(C)(C)NC(=O)c1cn(C2CCNCC2)nn1. The summed E-state index contributed by atoms with van der Waals surface area (Å²) in [6.45, 7) is 8.04. The molecule has 2 rings (SSSR count). The van der Waals surface area contributed by atoms with E-state index in [-0.39, 0.29) is 11.4 Å². The van der Waals surface area contributed by atoms with E-state index < -0.39 is 0 Å². The molecule has 2 N–H and O–H groups in total. The highest BCUT2D eigenvalue weighted by Gasteiger charge is 2.22. The van der Waals surface area contributed by atoms with E-state index in [9.17, 15) is 4.79 Å². The Labute approximate surface area is 113 Å². The molecular weight excluding hydrogens is 242 g/mol. The minimum atomic E-state index is -0.213. The molecule has 1 fully saturated rings. The number of aromatic nitrogens is 3. The first kappa shape index (κ1) is 14.0. The molecule has 1 aliphatic rings. The summed E-state index contributed by atoms with van der Waals surface area (Å²) in [5, 5.41) is 14.4. The number of piperidine rings is 1. The number of carbonyl (C=O) groups excluding carboxylic acids is 1. The number of hydrogen-bond acceptors (Lipinski definition) is 4. The second-order valence-electron chi connectivity index (χ2n) is 5.76. The summed E-state index contributed by atoms with van der Waals surface area (Å²) in [5.41, 5.74) is 0.190. The Morgan fingerprint density at radius 3 is 2.84 bits per heavy atom. The van der Waals surface area contributed by atoms with Crippen LogP contribution in [0.1, 0.15) is 56.6 Å². The molecule has 6 heteroatoms. The quantitative estimate of drug-likeness (QED) is 0.856. The van der Waals surface area contributed by atoms with Crippen LogP contribution in [-0.4, -0.2) is 39.5 Å². The molecule has 0 unspecified atom stereocenters. The summed E-state index contributed by atoms with van der Waals surface area (Å²) in [5.74, 6) is -0.146. The van der Waals surface area contributed by atoms with Crippen molar-refractivity contribution >= 4 is 5.91 Å². The largest absolute Gasteiger partial charge is 0.346 e. The maximum absolute atomic E-state index is 12.1. The molecule has 6 nitrogen and oxygen atoms in total. The molecule has 1 aromatic heterocycles. The third-order valence-corrected chi connectivity index (χ3v) is 3.76. The average Bonchev–Trinajstić information content (AvgIpc) is 2.89. The highest BCUT2D eigenvalue weighted by Crippen LogP contribution is 2.17. The van der Waals surface area contributed by atoms with Gasteiger partial charge in [0.2, 0.25) is 0 Å². The van der Waals surface area contributed by atoms with E-state index in [2.05, 4.69) is 20.9 Å². The van der Waals surface area contributed by atoms with Crippen molar-refractivity contribution in [3.63, 3.8) is 0 Å².